The molecule has 2 heterocycles. The quantitative estimate of drug-likeness (QED) is 0.715. The third-order valence-corrected chi connectivity index (χ3v) is 3.96. The molecule has 0 amide bonds. The van der Waals surface area contributed by atoms with E-state index in [-0.39, 0.29) is 0 Å². The molecule has 0 unspecified atom stereocenters. The zero-order chi connectivity index (χ0) is 12.9. The molecule has 0 radical (unpaired) electrons. The van der Waals surface area contributed by atoms with E-state index in [0.717, 1.165) is 25.0 Å². The lowest BCUT2D eigenvalue weighted by atomic mass is 10.1. The van der Waals surface area contributed by atoms with Crippen LogP contribution in [0.2, 0.25) is 0 Å². The van der Waals surface area contributed by atoms with E-state index in [9.17, 15) is 0 Å². The number of thiophene rings is 1. The summed E-state index contributed by atoms with van der Waals surface area (Å²) in [4.78, 5) is 4.38. The third kappa shape index (κ3) is 3.00. The van der Waals surface area contributed by atoms with Gasteiger partial charge in [0, 0.05) is 18.1 Å². The van der Waals surface area contributed by atoms with Crippen LogP contribution in [0.3, 0.4) is 0 Å². The number of para-hydroxylation sites is 1. The smallest absolute Gasteiger partial charge is 0.0705 e. The first-order chi connectivity index (χ1) is 9.43. The van der Waals surface area contributed by atoms with Crippen molar-refractivity contribution < 1.29 is 0 Å². The van der Waals surface area contributed by atoms with Gasteiger partial charge in [0.1, 0.15) is 0 Å². The van der Waals surface area contributed by atoms with Crippen LogP contribution in [0.5, 0.6) is 0 Å². The number of pyridine rings is 1. The molecule has 19 heavy (non-hydrogen) atoms. The van der Waals surface area contributed by atoms with Gasteiger partial charge in [-0.1, -0.05) is 18.2 Å². The average Bonchev–Trinajstić information content (AvgIpc) is 2.97. The number of nitrogens with one attached hydrogen (secondary N) is 1. The zero-order valence-corrected chi connectivity index (χ0v) is 11.5. The topological polar surface area (TPSA) is 24.9 Å². The second-order valence-corrected chi connectivity index (χ2v) is 5.33. The van der Waals surface area contributed by atoms with Gasteiger partial charge in [-0.25, -0.2) is 0 Å². The summed E-state index contributed by atoms with van der Waals surface area (Å²) in [5, 5.41) is 9.09. The monoisotopic (exact) mass is 268 g/mol. The summed E-state index contributed by atoms with van der Waals surface area (Å²) in [7, 11) is 0. The molecule has 0 spiro atoms. The Morgan fingerprint density at radius 2 is 2.05 bits per heavy atom. The third-order valence-electron chi connectivity index (χ3n) is 3.23. The van der Waals surface area contributed by atoms with Crippen LogP contribution in [0, 0.1) is 0 Å². The summed E-state index contributed by atoms with van der Waals surface area (Å²) in [6.45, 7) is 1.90. The molecular formula is C16H16N2S. The number of rotatable bonds is 5. The second-order valence-electron chi connectivity index (χ2n) is 4.55. The fourth-order valence-electron chi connectivity index (χ4n) is 2.20. The summed E-state index contributed by atoms with van der Waals surface area (Å²) in [5.74, 6) is 0. The first kappa shape index (κ1) is 12.3. The van der Waals surface area contributed by atoms with Gasteiger partial charge in [-0.2, -0.15) is 11.3 Å². The average molecular weight is 268 g/mol. The van der Waals surface area contributed by atoms with Crippen molar-refractivity contribution in [3.63, 3.8) is 0 Å². The van der Waals surface area contributed by atoms with Crippen molar-refractivity contribution in [1.29, 1.82) is 0 Å². The van der Waals surface area contributed by atoms with E-state index in [0.29, 0.717) is 0 Å². The number of hydrogen-bond donors (Lipinski definition) is 1. The first-order valence-electron chi connectivity index (χ1n) is 6.48. The van der Waals surface area contributed by atoms with Crippen LogP contribution in [0.1, 0.15) is 11.1 Å². The standard InChI is InChI=1S/C16H16N2S/c1-2-4-16-15(3-1)14(6-9-18-16)11-17-8-5-13-7-10-19-12-13/h1-4,6-7,9-10,12,17H,5,8,11H2. The summed E-state index contributed by atoms with van der Waals surface area (Å²) >= 11 is 1.76. The molecule has 0 saturated heterocycles. The fraction of sp³-hybridized carbons (Fsp3) is 0.188. The van der Waals surface area contributed by atoms with E-state index in [1.54, 1.807) is 11.3 Å². The van der Waals surface area contributed by atoms with Gasteiger partial charge in [-0.3, -0.25) is 4.98 Å². The van der Waals surface area contributed by atoms with Crippen LogP contribution < -0.4 is 5.32 Å². The number of benzene rings is 1. The molecule has 2 aromatic heterocycles. The summed E-state index contributed by atoms with van der Waals surface area (Å²) < 4.78 is 0. The molecule has 3 heteroatoms. The van der Waals surface area contributed by atoms with E-state index in [1.165, 1.54) is 16.5 Å². The second kappa shape index (κ2) is 5.95. The molecule has 0 aliphatic heterocycles. The van der Waals surface area contributed by atoms with Crippen LogP contribution >= 0.6 is 11.3 Å². The predicted octanol–water partition coefficient (Wildman–Crippen LogP) is 3.63. The Hall–Kier alpha value is -1.71. The van der Waals surface area contributed by atoms with Crippen LogP contribution in [-0.4, -0.2) is 11.5 Å². The number of fused-ring (bicyclic) bond motifs is 1. The molecule has 2 nitrogen and oxygen atoms in total. The summed E-state index contributed by atoms with van der Waals surface area (Å²) in [6, 6.07) is 12.6. The van der Waals surface area contributed by atoms with Crippen LogP contribution in [-0.2, 0) is 13.0 Å². The SMILES string of the molecule is c1ccc2c(CNCCc3ccsc3)ccnc2c1. The van der Waals surface area contributed by atoms with Gasteiger partial charge < -0.3 is 5.32 Å². The van der Waals surface area contributed by atoms with Crippen molar-refractivity contribution in [2.45, 2.75) is 13.0 Å². The Balaban J connectivity index is 1.62. The van der Waals surface area contributed by atoms with Gasteiger partial charge in [-0.15, -0.1) is 0 Å². The van der Waals surface area contributed by atoms with Crippen molar-refractivity contribution in [2.75, 3.05) is 6.54 Å². The Bertz CT molecular complexity index is 641. The van der Waals surface area contributed by atoms with Crippen molar-refractivity contribution in [2.24, 2.45) is 0 Å². The maximum atomic E-state index is 4.38. The summed E-state index contributed by atoms with van der Waals surface area (Å²) in [5.41, 5.74) is 3.80. The van der Waals surface area contributed by atoms with Crippen molar-refractivity contribution in [1.82, 2.24) is 10.3 Å². The predicted molar refractivity (Wildman–Crippen MR) is 81.5 cm³/mol. The van der Waals surface area contributed by atoms with E-state index in [4.69, 9.17) is 0 Å². The van der Waals surface area contributed by atoms with Gasteiger partial charge in [0.25, 0.3) is 0 Å². The molecule has 0 bridgehead atoms. The fourth-order valence-corrected chi connectivity index (χ4v) is 2.90. The van der Waals surface area contributed by atoms with E-state index >= 15 is 0 Å². The highest BCUT2D eigenvalue weighted by Crippen LogP contribution is 2.15. The van der Waals surface area contributed by atoms with Gasteiger partial charge in [0.2, 0.25) is 0 Å². The molecule has 0 saturated carbocycles. The molecule has 1 N–H and O–H groups in total. The largest absolute Gasteiger partial charge is 0.312 e. The molecule has 0 atom stereocenters. The van der Waals surface area contributed by atoms with Gasteiger partial charge >= 0.3 is 0 Å². The van der Waals surface area contributed by atoms with E-state index < -0.39 is 0 Å². The first-order valence-corrected chi connectivity index (χ1v) is 7.42. The molecule has 0 aliphatic rings. The Morgan fingerprint density at radius 1 is 1.11 bits per heavy atom. The van der Waals surface area contributed by atoms with E-state index in [1.807, 2.05) is 12.3 Å². The number of aromatic nitrogens is 1. The molecule has 3 aromatic rings. The molecule has 0 fully saturated rings. The highest BCUT2D eigenvalue weighted by atomic mass is 32.1. The lowest BCUT2D eigenvalue weighted by molar-refractivity contribution is 0.690. The Kier molecular flexibility index (Phi) is 3.86. The highest BCUT2D eigenvalue weighted by molar-refractivity contribution is 7.07. The molecular weight excluding hydrogens is 252 g/mol. The van der Waals surface area contributed by atoms with Gasteiger partial charge in [0.05, 0.1) is 5.52 Å². The van der Waals surface area contributed by atoms with Crippen LogP contribution in [0.15, 0.2) is 53.4 Å². The highest BCUT2D eigenvalue weighted by Gasteiger charge is 2.00. The van der Waals surface area contributed by atoms with Gasteiger partial charge in [-0.05, 0) is 53.1 Å². The van der Waals surface area contributed by atoms with Crippen molar-refractivity contribution >= 4 is 22.2 Å². The van der Waals surface area contributed by atoms with Crippen molar-refractivity contribution in [3.05, 3.63) is 64.5 Å². The Morgan fingerprint density at radius 3 is 2.95 bits per heavy atom. The molecule has 1 aromatic carbocycles. The lowest BCUT2D eigenvalue weighted by Gasteiger charge is -2.07. The molecule has 0 aliphatic carbocycles. The maximum Gasteiger partial charge on any atom is 0.0705 e. The maximum absolute atomic E-state index is 4.38. The normalized spacial score (nSPS) is 10.9. The van der Waals surface area contributed by atoms with E-state index in [2.05, 4.69) is 51.4 Å². The molecule has 96 valence electrons. The van der Waals surface area contributed by atoms with Crippen LogP contribution in [0.4, 0.5) is 0 Å². The summed E-state index contributed by atoms with van der Waals surface area (Å²) in [6.07, 6.45) is 2.98. The molecule has 3 rings (SSSR count). The van der Waals surface area contributed by atoms with Gasteiger partial charge in [0.15, 0.2) is 0 Å². The number of nitrogens with zero attached hydrogens (tertiary/aromatic N) is 1. The lowest BCUT2D eigenvalue weighted by Crippen LogP contribution is -2.16. The van der Waals surface area contributed by atoms with Crippen LogP contribution in [0.25, 0.3) is 10.9 Å². The number of hydrogen-bond acceptors (Lipinski definition) is 3. The Labute approximate surface area is 117 Å². The zero-order valence-electron chi connectivity index (χ0n) is 10.7. The minimum atomic E-state index is 0.896. The minimum absolute atomic E-state index is 0.896. The van der Waals surface area contributed by atoms with Crippen molar-refractivity contribution in [3.8, 4) is 0 Å². The minimum Gasteiger partial charge on any atom is -0.312 e.